The molecular formula is C11H15N2O15P3. The summed E-state index contributed by atoms with van der Waals surface area (Å²) >= 11 is 0. The number of aromatic amines is 1. The van der Waals surface area contributed by atoms with Gasteiger partial charge in [-0.3, -0.25) is 18.9 Å². The summed E-state index contributed by atoms with van der Waals surface area (Å²) in [5, 5.41) is 20.1. The molecule has 1 aromatic heterocycles. The van der Waals surface area contributed by atoms with Crippen LogP contribution in [0.4, 0.5) is 0 Å². The Labute approximate surface area is 171 Å². The van der Waals surface area contributed by atoms with Crippen molar-refractivity contribution in [3.8, 4) is 12.3 Å². The molecule has 0 bridgehead atoms. The van der Waals surface area contributed by atoms with Gasteiger partial charge in [-0.25, -0.2) is 18.5 Å². The molecule has 0 saturated carbocycles. The summed E-state index contributed by atoms with van der Waals surface area (Å²) in [5.74, 6) is 1.97. The van der Waals surface area contributed by atoms with Gasteiger partial charge in [-0.15, -0.1) is 6.42 Å². The molecule has 1 saturated heterocycles. The maximum atomic E-state index is 11.9. The molecule has 2 rings (SSSR count). The van der Waals surface area contributed by atoms with Crippen LogP contribution in [0.25, 0.3) is 0 Å². The van der Waals surface area contributed by atoms with Crippen LogP contribution in [-0.4, -0.2) is 64.3 Å². The number of aliphatic hydroxyl groups is 2. The van der Waals surface area contributed by atoms with Crippen molar-refractivity contribution in [2.45, 2.75) is 24.5 Å². The average Bonchev–Trinajstić information content (AvgIpc) is 2.85. The zero-order valence-corrected chi connectivity index (χ0v) is 17.5. The van der Waals surface area contributed by atoms with Gasteiger partial charge in [0.05, 0.1) is 6.61 Å². The van der Waals surface area contributed by atoms with Gasteiger partial charge < -0.3 is 34.5 Å². The Morgan fingerprint density at radius 3 is 2.26 bits per heavy atom. The highest BCUT2D eigenvalue weighted by Gasteiger charge is 2.46. The van der Waals surface area contributed by atoms with Crippen LogP contribution in [0.5, 0.6) is 0 Å². The lowest BCUT2D eigenvalue weighted by atomic mass is 10.1. The van der Waals surface area contributed by atoms with Gasteiger partial charge in [0, 0.05) is 6.20 Å². The molecule has 0 amide bonds. The predicted molar refractivity (Wildman–Crippen MR) is 95.0 cm³/mol. The maximum Gasteiger partial charge on any atom is 0.490 e. The third-order valence-corrected chi connectivity index (χ3v) is 7.36. The number of rotatable bonds is 8. The van der Waals surface area contributed by atoms with Crippen molar-refractivity contribution in [2.24, 2.45) is 0 Å². The van der Waals surface area contributed by atoms with Crippen LogP contribution in [0.1, 0.15) is 11.8 Å². The number of phosphoric acid groups is 3. The highest BCUT2D eigenvalue weighted by molar-refractivity contribution is 7.66. The lowest BCUT2D eigenvalue weighted by Gasteiger charge is -2.19. The second-order valence-electron chi connectivity index (χ2n) is 5.79. The fourth-order valence-corrected chi connectivity index (χ4v) is 5.37. The van der Waals surface area contributed by atoms with Crippen LogP contribution < -0.4 is 11.2 Å². The Balaban J connectivity index is 2.13. The van der Waals surface area contributed by atoms with Crippen molar-refractivity contribution in [3.63, 3.8) is 0 Å². The van der Waals surface area contributed by atoms with E-state index in [2.05, 4.69) is 13.1 Å². The standard InChI is InChI=1S/C11H15N2O15P3/c1-2-5-3-13(11(17)12-9(5)16)10-8(15)7(14)6(26-10)4-25-30(21,22)28-31(23,24)27-29(18,19)20/h1,3,6-8,10,14-15H,4H2,(H,21,22)(H,23,24)(H,12,16,17)(H2,18,19,20)/t6-,7-,8-,10-/m0/s1. The number of hydrogen-bond donors (Lipinski definition) is 7. The summed E-state index contributed by atoms with van der Waals surface area (Å²) in [6.07, 6.45) is -0.975. The Hall–Kier alpha value is -1.47. The van der Waals surface area contributed by atoms with E-state index < -0.39 is 65.9 Å². The van der Waals surface area contributed by atoms with Crippen LogP contribution >= 0.6 is 23.5 Å². The SMILES string of the molecule is C#Cc1cn([C@H]2O[C@@H](COP(=O)(O)OP(=O)(O)OP(=O)(O)O)[C@H](O)[C@@H]2O)c(=O)[nH]c1=O. The molecule has 2 unspecified atom stereocenters. The summed E-state index contributed by atoms with van der Waals surface area (Å²) in [6.45, 7) is -1.08. The van der Waals surface area contributed by atoms with Gasteiger partial charge in [0.25, 0.3) is 5.56 Å². The molecule has 6 atom stereocenters. The Kier molecular flexibility index (Phi) is 7.64. The predicted octanol–water partition coefficient (Wildman–Crippen LogP) is -2.52. The molecule has 7 N–H and O–H groups in total. The molecule has 31 heavy (non-hydrogen) atoms. The molecule has 1 aliphatic heterocycles. The van der Waals surface area contributed by atoms with Gasteiger partial charge in [-0.2, -0.15) is 8.62 Å². The molecule has 0 aromatic carbocycles. The van der Waals surface area contributed by atoms with Crippen LogP contribution in [0.2, 0.25) is 0 Å². The fourth-order valence-electron chi connectivity index (χ4n) is 2.34. The Bertz CT molecular complexity index is 1130. The minimum atomic E-state index is -5.76. The third kappa shape index (κ3) is 6.75. The molecule has 1 fully saturated rings. The molecule has 17 nitrogen and oxygen atoms in total. The summed E-state index contributed by atoms with van der Waals surface area (Å²) < 4.78 is 50.7. The molecular weight excluding hydrogens is 493 g/mol. The minimum Gasteiger partial charge on any atom is -0.387 e. The average molecular weight is 508 g/mol. The number of terminal acetylenes is 1. The first kappa shape index (κ1) is 25.8. The van der Waals surface area contributed by atoms with Gasteiger partial charge >= 0.3 is 29.2 Å². The minimum absolute atomic E-state index is 0.318. The van der Waals surface area contributed by atoms with E-state index in [1.54, 1.807) is 0 Å². The van der Waals surface area contributed by atoms with Crippen molar-refractivity contribution in [1.29, 1.82) is 0 Å². The number of nitrogens with zero attached hydrogens (tertiary/aromatic N) is 1. The van der Waals surface area contributed by atoms with Crippen molar-refractivity contribution in [1.82, 2.24) is 9.55 Å². The lowest BCUT2D eigenvalue weighted by Crippen LogP contribution is -2.38. The van der Waals surface area contributed by atoms with Crippen LogP contribution in [-0.2, 0) is 31.6 Å². The van der Waals surface area contributed by atoms with Crippen molar-refractivity contribution < 1.29 is 61.4 Å². The lowest BCUT2D eigenvalue weighted by molar-refractivity contribution is -0.0542. The highest BCUT2D eigenvalue weighted by atomic mass is 31.3. The van der Waals surface area contributed by atoms with E-state index in [4.69, 9.17) is 25.8 Å². The quantitative estimate of drug-likeness (QED) is 0.141. The first-order valence-corrected chi connectivity index (χ1v) is 12.2. The van der Waals surface area contributed by atoms with E-state index in [1.807, 2.05) is 10.9 Å². The van der Waals surface area contributed by atoms with E-state index in [0.29, 0.717) is 4.57 Å². The molecule has 20 heteroatoms. The Morgan fingerprint density at radius 2 is 1.71 bits per heavy atom. The van der Waals surface area contributed by atoms with Crippen molar-refractivity contribution in [3.05, 3.63) is 32.6 Å². The van der Waals surface area contributed by atoms with Gasteiger partial charge in [0.15, 0.2) is 6.23 Å². The first-order chi connectivity index (χ1) is 14.1. The van der Waals surface area contributed by atoms with Crippen LogP contribution in [0.3, 0.4) is 0 Å². The normalized spacial score (nSPS) is 27.9. The fraction of sp³-hybridized carbons (Fsp3) is 0.455. The topological polar surface area (TPSA) is 264 Å². The number of aromatic nitrogens is 2. The van der Waals surface area contributed by atoms with Gasteiger partial charge in [0.1, 0.15) is 23.9 Å². The first-order valence-electron chi connectivity index (χ1n) is 7.67. The molecule has 1 aliphatic rings. The number of H-pyrrole nitrogens is 1. The molecule has 0 aliphatic carbocycles. The number of ether oxygens (including phenoxy) is 1. The molecule has 2 heterocycles. The number of phosphoric ester groups is 1. The largest absolute Gasteiger partial charge is 0.490 e. The zero-order chi connectivity index (χ0) is 23.8. The van der Waals surface area contributed by atoms with E-state index in [9.17, 15) is 38.4 Å². The second-order valence-corrected chi connectivity index (χ2v) is 10.2. The van der Waals surface area contributed by atoms with E-state index in [1.165, 1.54) is 0 Å². The third-order valence-electron chi connectivity index (χ3n) is 3.55. The summed E-state index contributed by atoms with van der Waals surface area (Å²) in [5.41, 5.74) is -2.30. The van der Waals surface area contributed by atoms with E-state index in [0.717, 1.165) is 6.20 Å². The monoisotopic (exact) mass is 508 g/mol. The van der Waals surface area contributed by atoms with Gasteiger partial charge in [-0.05, 0) is 0 Å². The number of aliphatic hydroxyl groups excluding tert-OH is 2. The summed E-state index contributed by atoms with van der Waals surface area (Å²) in [6, 6.07) is 0. The molecule has 1 aromatic rings. The smallest absolute Gasteiger partial charge is 0.387 e. The highest BCUT2D eigenvalue weighted by Crippen LogP contribution is 2.66. The summed E-state index contributed by atoms with van der Waals surface area (Å²) in [4.78, 5) is 60.7. The molecule has 174 valence electrons. The van der Waals surface area contributed by atoms with Crippen molar-refractivity contribution in [2.75, 3.05) is 6.61 Å². The zero-order valence-electron chi connectivity index (χ0n) is 14.8. The van der Waals surface area contributed by atoms with Gasteiger partial charge in [0.2, 0.25) is 0 Å². The maximum absolute atomic E-state index is 11.9. The van der Waals surface area contributed by atoms with Crippen LogP contribution in [0.15, 0.2) is 15.8 Å². The van der Waals surface area contributed by atoms with E-state index >= 15 is 0 Å². The van der Waals surface area contributed by atoms with Crippen molar-refractivity contribution >= 4 is 23.5 Å². The van der Waals surface area contributed by atoms with Crippen LogP contribution in [0, 0.1) is 12.3 Å². The molecule has 0 spiro atoms. The number of hydrogen-bond acceptors (Lipinski definition) is 11. The Morgan fingerprint density at radius 1 is 1.10 bits per heavy atom. The van der Waals surface area contributed by atoms with E-state index in [-0.39, 0.29) is 5.56 Å². The van der Waals surface area contributed by atoms with Gasteiger partial charge in [-0.1, -0.05) is 5.92 Å². The number of nitrogens with one attached hydrogen (secondary N) is 1. The summed E-state index contributed by atoms with van der Waals surface area (Å²) in [7, 11) is -16.9. The molecule has 0 radical (unpaired) electrons. The second kappa shape index (κ2) is 9.18.